The molecule has 106 valence electrons. The molecule has 3 aromatic rings. The Labute approximate surface area is 124 Å². The van der Waals surface area contributed by atoms with Crippen LogP contribution in [0.4, 0.5) is 4.39 Å². The van der Waals surface area contributed by atoms with Gasteiger partial charge in [0.15, 0.2) is 5.82 Å². The van der Waals surface area contributed by atoms with Crippen LogP contribution in [-0.2, 0) is 5.75 Å². The minimum Gasteiger partial charge on any atom is -0.508 e. The third-order valence-electron chi connectivity index (χ3n) is 2.75. The number of thioether (sulfide) groups is 1. The summed E-state index contributed by atoms with van der Waals surface area (Å²) in [5.74, 6) is 1.33. The predicted molar refractivity (Wildman–Crippen MR) is 77.4 cm³/mol. The first kappa shape index (κ1) is 13.6. The Kier molecular flexibility index (Phi) is 3.87. The first-order chi connectivity index (χ1) is 10.2. The normalized spacial score (nSPS) is 10.7. The first-order valence-electron chi connectivity index (χ1n) is 6.21. The Morgan fingerprint density at radius 3 is 2.71 bits per heavy atom. The molecule has 3 rings (SSSR count). The highest BCUT2D eigenvalue weighted by Crippen LogP contribution is 2.24. The maximum absolute atomic E-state index is 13.1. The van der Waals surface area contributed by atoms with Crippen molar-refractivity contribution in [1.29, 1.82) is 0 Å². The van der Waals surface area contributed by atoms with Gasteiger partial charge in [0, 0.05) is 10.5 Å². The molecule has 1 N–H and O–H groups in total. The third-order valence-corrected chi connectivity index (χ3v) is 3.74. The van der Waals surface area contributed by atoms with Gasteiger partial charge in [-0.3, -0.25) is 0 Å². The molecule has 0 saturated heterocycles. The molecule has 0 unspecified atom stereocenters. The molecule has 4 nitrogen and oxygen atoms in total. The molecule has 0 spiro atoms. The van der Waals surface area contributed by atoms with Gasteiger partial charge < -0.3 is 9.63 Å². The Morgan fingerprint density at radius 1 is 1.14 bits per heavy atom. The maximum atomic E-state index is 13.1. The summed E-state index contributed by atoms with van der Waals surface area (Å²) in [7, 11) is 0. The highest BCUT2D eigenvalue weighted by atomic mass is 32.2. The fourth-order valence-electron chi connectivity index (χ4n) is 1.74. The van der Waals surface area contributed by atoms with E-state index in [1.54, 1.807) is 30.3 Å². The molecule has 6 heteroatoms. The van der Waals surface area contributed by atoms with Crippen molar-refractivity contribution in [3.05, 3.63) is 60.2 Å². The zero-order valence-electron chi connectivity index (χ0n) is 10.9. The van der Waals surface area contributed by atoms with Crippen LogP contribution in [0, 0.1) is 5.82 Å². The van der Waals surface area contributed by atoms with Crippen LogP contribution in [0.3, 0.4) is 0 Å². The van der Waals surface area contributed by atoms with Crippen LogP contribution < -0.4 is 0 Å². The van der Waals surface area contributed by atoms with Gasteiger partial charge in [0.2, 0.25) is 0 Å². The molecular formula is C15H11FN2O2S. The second-order valence-corrected chi connectivity index (χ2v) is 5.36. The Morgan fingerprint density at radius 2 is 1.95 bits per heavy atom. The quantitative estimate of drug-likeness (QED) is 0.741. The van der Waals surface area contributed by atoms with Crippen LogP contribution in [0.2, 0.25) is 0 Å². The zero-order chi connectivity index (χ0) is 14.7. The fourth-order valence-corrected chi connectivity index (χ4v) is 2.52. The molecule has 0 radical (unpaired) electrons. The fraction of sp³-hybridized carbons (Fsp3) is 0.0667. The van der Waals surface area contributed by atoms with Crippen LogP contribution in [0.25, 0.3) is 11.5 Å². The van der Waals surface area contributed by atoms with E-state index in [2.05, 4.69) is 10.1 Å². The van der Waals surface area contributed by atoms with Crippen molar-refractivity contribution in [3.63, 3.8) is 0 Å². The second kappa shape index (κ2) is 5.97. The molecule has 0 aliphatic heterocycles. The number of phenols is 1. The molecule has 21 heavy (non-hydrogen) atoms. The van der Waals surface area contributed by atoms with Crippen molar-refractivity contribution >= 4 is 11.8 Å². The van der Waals surface area contributed by atoms with Gasteiger partial charge in [-0.15, -0.1) is 11.8 Å². The van der Waals surface area contributed by atoms with E-state index in [0.717, 1.165) is 10.5 Å². The van der Waals surface area contributed by atoms with Crippen LogP contribution in [-0.4, -0.2) is 15.2 Å². The van der Waals surface area contributed by atoms with Crippen molar-refractivity contribution in [2.45, 2.75) is 10.6 Å². The number of nitrogens with zero attached hydrogens (tertiary/aromatic N) is 2. The standard InChI is InChI=1S/C15H11FN2O2S/c16-11-2-1-3-13(8-11)21-9-14-17-15(20-18-14)10-4-6-12(19)7-5-10/h1-8,19H,9H2. The summed E-state index contributed by atoms with van der Waals surface area (Å²) in [4.78, 5) is 5.08. The van der Waals surface area contributed by atoms with Gasteiger partial charge in [0.1, 0.15) is 11.6 Å². The van der Waals surface area contributed by atoms with Gasteiger partial charge in [0.25, 0.3) is 5.89 Å². The first-order valence-corrected chi connectivity index (χ1v) is 7.19. The largest absolute Gasteiger partial charge is 0.508 e. The van der Waals surface area contributed by atoms with Crippen LogP contribution in [0.5, 0.6) is 5.75 Å². The molecule has 0 bridgehead atoms. The van der Waals surface area contributed by atoms with Crippen molar-refractivity contribution in [1.82, 2.24) is 10.1 Å². The molecule has 2 aromatic carbocycles. The second-order valence-electron chi connectivity index (χ2n) is 4.31. The number of halogens is 1. The average molecular weight is 302 g/mol. The highest BCUT2D eigenvalue weighted by Gasteiger charge is 2.09. The van der Waals surface area contributed by atoms with Gasteiger partial charge in [-0.05, 0) is 42.5 Å². The minimum atomic E-state index is -0.266. The number of benzene rings is 2. The number of hydrogen-bond acceptors (Lipinski definition) is 5. The Balaban J connectivity index is 1.69. The van der Waals surface area contributed by atoms with E-state index in [4.69, 9.17) is 4.52 Å². The summed E-state index contributed by atoms with van der Waals surface area (Å²) >= 11 is 1.43. The molecule has 0 atom stereocenters. The number of rotatable bonds is 4. The molecule has 1 heterocycles. The summed E-state index contributed by atoms with van der Waals surface area (Å²) in [6, 6.07) is 12.9. The Bertz CT molecular complexity index is 743. The van der Waals surface area contributed by atoms with E-state index in [9.17, 15) is 9.50 Å². The van der Waals surface area contributed by atoms with E-state index >= 15 is 0 Å². The maximum Gasteiger partial charge on any atom is 0.257 e. The SMILES string of the molecule is Oc1ccc(-c2nc(CSc3cccc(F)c3)no2)cc1. The molecular weight excluding hydrogens is 291 g/mol. The molecule has 0 fully saturated rings. The summed E-state index contributed by atoms with van der Waals surface area (Å²) in [5.41, 5.74) is 0.738. The summed E-state index contributed by atoms with van der Waals surface area (Å²) in [5, 5.41) is 13.1. The van der Waals surface area contributed by atoms with E-state index in [-0.39, 0.29) is 11.6 Å². The Hall–Kier alpha value is -2.34. The average Bonchev–Trinajstić information content (AvgIpc) is 2.95. The number of hydrogen-bond donors (Lipinski definition) is 1. The monoisotopic (exact) mass is 302 g/mol. The van der Waals surface area contributed by atoms with Crippen LogP contribution in [0.15, 0.2) is 57.9 Å². The molecule has 0 saturated carbocycles. The van der Waals surface area contributed by atoms with E-state index < -0.39 is 0 Å². The summed E-state index contributed by atoms with van der Waals surface area (Å²) in [6.45, 7) is 0. The van der Waals surface area contributed by atoms with Gasteiger partial charge in [-0.25, -0.2) is 4.39 Å². The molecule has 0 aliphatic carbocycles. The highest BCUT2D eigenvalue weighted by molar-refractivity contribution is 7.98. The minimum absolute atomic E-state index is 0.181. The van der Waals surface area contributed by atoms with E-state index in [0.29, 0.717) is 17.5 Å². The van der Waals surface area contributed by atoms with Gasteiger partial charge in [0.05, 0.1) is 5.75 Å². The molecule has 1 aromatic heterocycles. The third kappa shape index (κ3) is 3.41. The summed E-state index contributed by atoms with van der Waals surface area (Å²) in [6.07, 6.45) is 0. The molecule has 0 aliphatic rings. The van der Waals surface area contributed by atoms with Crippen molar-refractivity contribution in [2.24, 2.45) is 0 Å². The van der Waals surface area contributed by atoms with Crippen molar-refractivity contribution < 1.29 is 14.0 Å². The number of phenolic OH excluding ortho intramolecular Hbond substituents is 1. The lowest BCUT2D eigenvalue weighted by Gasteiger charge is -1.97. The topological polar surface area (TPSA) is 59.2 Å². The number of aromatic nitrogens is 2. The lowest BCUT2D eigenvalue weighted by molar-refractivity contribution is 0.425. The van der Waals surface area contributed by atoms with Gasteiger partial charge in [-0.2, -0.15) is 4.98 Å². The van der Waals surface area contributed by atoms with E-state index in [1.807, 2.05) is 6.07 Å². The van der Waals surface area contributed by atoms with Crippen LogP contribution in [0.1, 0.15) is 5.82 Å². The van der Waals surface area contributed by atoms with Crippen LogP contribution >= 0.6 is 11.8 Å². The zero-order valence-corrected chi connectivity index (χ0v) is 11.7. The van der Waals surface area contributed by atoms with Gasteiger partial charge in [-0.1, -0.05) is 11.2 Å². The van der Waals surface area contributed by atoms with Crippen molar-refractivity contribution in [2.75, 3.05) is 0 Å². The lowest BCUT2D eigenvalue weighted by Crippen LogP contribution is -1.84. The van der Waals surface area contributed by atoms with Gasteiger partial charge >= 0.3 is 0 Å². The lowest BCUT2D eigenvalue weighted by atomic mass is 10.2. The summed E-state index contributed by atoms with van der Waals surface area (Å²) < 4.78 is 18.2. The molecule has 0 amide bonds. The predicted octanol–water partition coefficient (Wildman–Crippen LogP) is 3.87. The van der Waals surface area contributed by atoms with E-state index in [1.165, 1.54) is 23.9 Å². The van der Waals surface area contributed by atoms with Crippen molar-refractivity contribution in [3.8, 4) is 17.2 Å². The smallest absolute Gasteiger partial charge is 0.257 e. The number of aromatic hydroxyl groups is 1.